The molecule has 1 heterocycles. The predicted molar refractivity (Wildman–Crippen MR) is 48.8 cm³/mol. The lowest BCUT2D eigenvalue weighted by atomic mass is 10.4. The molecule has 0 aliphatic carbocycles. The number of rotatable bonds is 2. The number of hydrogen-bond acceptors (Lipinski definition) is 4. The monoisotopic (exact) mass is 184 g/mol. The van der Waals surface area contributed by atoms with Gasteiger partial charge in [-0.05, 0) is 13.2 Å². The third-order valence-electron chi connectivity index (χ3n) is 1.21. The Bertz CT molecular complexity index is 285. The van der Waals surface area contributed by atoms with Gasteiger partial charge in [-0.25, -0.2) is 4.98 Å². The highest BCUT2D eigenvalue weighted by molar-refractivity contribution is 7.97. The van der Waals surface area contributed by atoms with E-state index in [2.05, 4.69) is 11.1 Å². The van der Waals surface area contributed by atoms with E-state index in [9.17, 15) is 0 Å². The molecule has 4 heteroatoms. The molecule has 0 aromatic carbocycles. The van der Waals surface area contributed by atoms with Crippen LogP contribution in [0.25, 0.3) is 0 Å². The van der Waals surface area contributed by atoms with Gasteiger partial charge in [0.1, 0.15) is 16.0 Å². The third-order valence-corrected chi connectivity index (χ3v) is 3.02. The summed E-state index contributed by atoms with van der Waals surface area (Å²) < 4.78 is 0. The molecule has 0 saturated heterocycles. The second-order valence-electron chi connectivity index (χ2n) is 2.07. The van der Waals surface area contributed by atoms with Crippen molar-refractivity contribution in [2.75, 3.05) is 6.26 Å². The van der Waals surface area contributed by atoms with E-state index >= 15 is 0 Å². The molecule has 0 radical (unpaired) electrons. The standard InChI is InChI=1S/C7H8N2S2/c1-5-6(3-8)11-7(9-5)4-10-2/h4H2,1-2H3. The zero-order chi connectivity index (χ0) is 8.27. The van der Waals surface area contributed by atoms with Crippen LogP contribution in [0.5, 0.6) is 0 Å². The minimum Gasteiger partial charge on any atom is -0.244 e. The molecular formula is C7H8N2S2. The first kappa shape index (κ1) is 8.57. The van der Waals surface area contributed by atoms with Crippen LogP contribution in [0, 0.1) is 18.3 Å². The van der Waals surface area contributed by atoms with Crippen molar-refractivity contribution in [1.82, 2.24) is 4.98 Å². The maximum atomic E-state index is 8.61. The van der Waals surface area contributed by atoms with Gasteiger partial charge in [-0.3, -0.25) is 0 Å². The van der Waals surface area contributed by atoms with Crippen LogP contribution < -0.4 is 0 Å². The van der Waals surface area contributed by atoms with Crippen LogP contribution in [0.3, 0.4) is 0 Å². The molecular weight excluding hydrogens is 176 g/mol. The van der Waals surface area contributed by atoms with Gasteiger partial charge in [0, 0.05) is 5.75 Å². The molecule has 0 unspecified atom stereocenters. The minimum atomic E-state index is 0.744. The highest BCUT2D eigenvalue weighted by atomic mass is 32.2. The fraction of sp³-hybridized carbons (Fsp3) is 0.429. The maximum absolute atomic E-state index is 8.61. The second kappa shape index (κ2) is 3.74. The zero-order valence-corrected chi connectivity index (χ0v) is 8.05. The zero-order valence-electron chi connectivity index (χ0n) is 6.42. The van der Waals surface area contributed by atoms with Gasteiger partial charge < -0.3 is 0 Å². The smallest absolute Gasteiger partial charge is 0.127 e. The van der Waals surface area contributed by atoms with E-state index in [1.54, 1.807) is 11.8 Å². The molecule has 58 valence electrons. The molecule has 0 spiro atoms. The Morgan fingerprint density at radius 3 is 2.91 bits per heavy atom. The Labute approximate surface area is 74.3 Å². The van der Waals surface area contributed by atoms with Crippen molar-refractivity contribution in [2.24, 2.45) is 0 Å². The maximum Gasteiger partial charge on any atom is 0.127 e. The fourth-order valence-electron chi connectivity index (χ4n) is 0.741. The Hall–Kier alpha value is -0.530. The summed E-state index contributed by atoms with van der Waals surface area (Å²) in [6.45, 7) is 1.87. The molecule has 1 aromatic rings. The Morgan fingerprint density at radius 1 is 1.73 bits per heavy atom. The van der Waals surface area contributed by atoms with E-state index < -0.39 is 0 Å². The van der Waals surface area contributed by atoms with E-state index in [-0.39, 0.29) is 0 Å². The number of aromatic nitrogens is 1. The number of thiazole rings is 1. The molecule has 2 nitrogen and oxygen atoms in total. The number of hydrogen-bond donors (Lipinski definition) is 0. The molecule has 0 saturated carbocycles. The fourth-order valence-corrected chi connectivity index (χ4v) is 2.30. The van der Waals surface area contributed by atoms with Gasteiger partial charge in [0.15, 0.2) is 0 Å². The summed E-state index contributed by atoms with van der Waals surface area (Å²) in [5.41, 5.74) is 0.863. The van der Waals surface area contributed by atoms with Gasteiger partial charge in [-0.2, -0.15) is 17.0 Å². The van der Waals surface area contributed by atoms with Crippen LogP contribution >= 0.6 is 23.1 Å². The van der Waals surface area contributed by atoms with E-state index in [0.29, 0.717) is 0 Å². The van der Waals surface area contributed by atoms with Crippen LogP contribution in [0.2, 0.25) is 0 Å². The third kappa shape index (κ3) is 1.95. The van der Waals surface area contributed by atoms with Crippen molar-refractivity contribution in [3.8, 4) is 6.07 Å². The quantitative estimate of drug-likeness (QED) is 0.707. The Morgan fingerprint density at radius 2 is 2.45 bits per heavy atom. The van der Waals surface area contributed by atoms with Gasteiger partial charge in [0.2, 0.25) is 0 Å². The lowest BCUT2D eigenvalue weighted by Gasteiger charge is -1.85. The average Bonchev–Trinajstić information content (AvgIpc) is 2.32. The summed E-state index contributed by atoms with van der Waals surface area (Å²) in [5.74, 6) is 0.910. The first-order valence-electron chi connectivity index (χ1n) is 3.13. The van der Waals surface area contributed by atoms with Gasteiger partial charge in [0.05, 0.1) is 5.69 Å². The Balaban J connectivity index is 2.89. The molecule has 11 heavy (non-hydrogen) atoms. The molecule has 0 bridgehead atoms. The second-order valence-corrected chi connectivity index (χ2v) is 4.02. The molecule has 1 rings (SSSR count). The number of aryl methyl sites for hydroxylation is 1. The molecule has 0 aliphatic heterocycles. The minimum absolute atomic E-state index is 0.744. The number of nitrogens with zero attached hydrogens (tertiary/aromatic N) is 2. The summed E-state index contributed by atoms with van der Waals surface area (Å²) >= 11 is 3.22. The summed E-state index contributed by atoms with van der Waals surface area (Å²) in [6.07, 6.45) is 2.03. The lowest BCUT2D eigenvalue weighted by Crippen LogP contribution is -1.77. The highest BCUT2D eigenvalue weighted by Gasteiger charge is 2.04. The van der Waals surface area contributed by atoms with Gasteiger partial charge in [-0.1, -0.05) is 0 Å². The van der Waals surface area contributed by atoms with E-state index in [1.165, 1.54) is 11.3 Å². The van der Waals surface area contributed by atoms with Crippen molar-refractivity contribution < 1.29 is 0 Å². The van der Waals surface area contributed by atoms with Crippen LogP contribution in [-0.2, 0) is 5.75 Å². The summed E-state index contributed by atoms with van der Waals surface area (Å²) in [4.78, 5) is 4.99. The summed E-state index contributed by atoms with van der Waals surface area (Å²) in [6, 6.07) is 2.12. The molecule has 0 fully saturated rings. The molecule has 1 aromatic heterocycles. The van der Waals surface area contributed by atoms with E-state index in [4.69, 9.17) is 5.26 Å². The van der Waals surface area contributed by atoms with Crippen molar-refractivity contribution in [3.05, 3.63) is 15.6 Å². The first-order chi connectivity index (χ1) is 5.27. The molecule has 0 N–H and O–H groups in total. The van der Waals surface area contributed by atoms with Crippen LogP contribution in [-0.4, -0.2) is 11.2 Å². The average molecular weight is 184 g/mol. The van der Waals surface area contributed by atoms with Crippen molar-refractivity contribution >= 4 is 23.1 Å². The number of thioether (sulfide) groups is 1. The molecule has 0 aliphatic rings. The molecule has 0 amide bonds. The summed E-state index contributed by atoms with van der Waals surface area (Å²) in [7, 11) is 0. The first-order valence-corrected chi connectivity index (χ1v) is 5.34. The van der Waals surface area contributed by atoms with Crippen LogP contribution in [0.15, 0.2) is 0 Å². The number of nitriles is 1. The van der Waals surface area contributed by atoms with Crippen molar-refractivity contribution in [1.29, 1.82) is 5.26 Å². The van der Waals surface area contributed by atoms with Crippen molar-refractivity contribution in [3.63, 3.8) is 0 Å². The van der Waals surface area contributed by atoms with Crippen LogP contribution in [0.4, 0.5) is 0 Å². The van der Waals surface area contributed by atoms with Gasteiger partial charge in [0.25, 0.3) is 0 Å². The predicted octanol–water partition coefficient (Wildman–Crippen LogP) is 2.19. The molecule has 0 atom stereocenters. The lowest BCUT2D eigenvalue weighted by molar-refractivity contribution is 1.18. The summed E-state index contributed by atoms with van der Waals surface area (Å²) in [5, 5.41) is 9.66. The SMILES string of the molecule is CSCc1nc(C)c(C#N)s1. The highest BCUT2D eigenvalue weighted by Crippen LogP contribution is 2.19. The largest absolute Gasteiger partial charge is 0.244 e. The normalized spacial score (nSPS) is 9.55. The van der Waals surface area contributed by atoms with Crippen LogP contribution in [0.1, 0.15) is 15.6 Å². The van der Waals surface area contributed by atoms with E-state index in [0.717, 1.165) is 21.3 Å². The van der Waals surface area contributed by atoms with Gasteiger partial charge in [-0.15, -0.1) is 11.3 Å². The Kier molecular flexibility index (Phi) is 2.92. The topological polar surface area (TPSA) is 36.7 Å². The van der Waals surface area contributed by atoms with Crippen molar-refractivity contribution in [2.45, 2.75) is 12.7 Å². The van der Waals surface area contributed by atoms with E-state index in [1.807, 2.05) is 13.2 Å². The van der Waals surface area contributed by atoms with Gasteiger partial charge >= 0.3 is 0 Å².